The Balaban J connectivity index is 0.00000338. The van der Waals surface area contributed by atoms with Crippen LogP contribution in [0, 0.1) is 0 Å². The summed E-state index contributed by atoms with van der Waals surface area (Å²) in [4.78, 5) is 25.5. The molecule has 1 amide bonds. The normalized spacial score (nSPS) is 22.8. The van der Waals surface area contributed by atoms with Gasteiger partial charge in [0.15, 0.2) is 5.96 Å². The molecule has 2 heterocycles. The van der Waals surface area contributed by atoms with Crippen LogP contribution in [0.4, 0.5) is 4.79 Å². The van der Waals surface area contributed by atoms with Crippen molar-refractivity contribution in [2.24, 2.45) is 4.99 Å². The molecule has 0 aromatic heterocycles. The number of guanidine groups is 1. The average molecular weight is 482 g/mol. The number of piperazine rings is 2. The Morgan fingerprint density at radius 1 is 1.08 bits per heavy atom. The van der Waals surface area contributed by atoms with E-state index in [0.717, 1.165) is 51.8 Å². The topological polar surface area (TPSA) is 63.7 Å². The fraction of sp³-hybridized carbons (Fsp3) is 0.882. The summed E-state index contributed by atoms with van der Waals surface area (Å²) in [6.07, 6.45) is -0.212. The van der Waals surface area contributed by atoms with E-state index >= 15 is 0 Å². The summed E-state index contributed by atoms with van der Waals surface area (Å²) in [5.41, 5.74) is 0. The van der Waals surface area contributed by atoms with Gasteiger partial charge in [0.05, 0.1) is 13.2 Å². The molecule has 0 bridgehead atoms. The van der Waals surface area contributed by atoms with Crippen LogP contribution in [0.1, 0.15) is 13.8 Å². The quantitative estimate of drug-likeness (QED) is 0.360. The number of likely N-dealkylation sites (N-methyl/N-ethyl adjacent to an activating group) is 2. The van der Waals surface area contributed by atoms with E-state index in [1.54, 1.807) is 4.90 Å². The van der Waals surface area contributed by atoms with Gasteiger partial charge in [-0.15, -0.1) is 24.0 Å². The Hall–Kier alpha value is -0.810. The van der Waals surface area contributed by atoms with Gasteiger partial charge in [-0.1, -0.05) is 0 Å². The van der Waals surface area contributed by atoms with Crippen molar-refractivity contribution in [1.82, 2.24) is 24.9 Å². The highest BCUT2D eigenvalue weighted by Gasteiger charge is 2.25. The first-order valence-electron chi connectivity index (χ1n) is 9.38. The van der Waals surface area contributed by atoms with Crippen molar-refractivity contribution in [3.63, 3.8) is 0 Å². The minimum Gasteiger partial charge on any atom is -0.450 e. The molecular weight excluding hydrogens is 447 g/mol. The lowest BCUT2D eigenvalue weighted by Crippen LogP contribution is -2.55. The monoisotopic (exact) mass is 482 g/mol. The summed E-state index contributed by atoms with van der Waals surface area (Å²) in [6.45, 7) is 12.2. The van der Waals surface area contributed by atoms with E-state index < -0.39 is 0 Å². The predicted octanol–water partition coefficient (Wildman–Crippen LogP) is 0.590. The van der Waals surface area contributed by atoms with Crippen molar-refractivity contribution in [1.29, 1.82) is 0 Å². The van der Waals surface area contributed by atoms with Gasteiger partial charge in [0.25, 0.3) is 0 Å². The smallest absolute Gasteiger partial charge is 0.409 e. The second kappa shape index (κ2) is 11.8. The van der Waals surface area contributed by atoms with E-state index in [-0.39, 0.29) is 30.1 Å². The summed E-state index contributed by atoms with van der Waals surface area (Å²) < 4.78 is 5.09. The fourth-order valence-corrected chi connectivity index (χ4v) is 3.23. The minimum atomic E-state index is -0.212. The van der Waals surface area contributed by atoms with E-state index in [1.807, 2.05) is 6.92 Å². The molecule has 26 heavy (non-hydrogen) atoms. The number of amides is 1. The molecule has 2 rings (SSSR count). The third kappa shape index (κ3) is 6.73. The van der Waals surface area contributed by atoms with Gasteiger partial charge in [-0.3, -0.25) is 9.89 Å². The molecule has 0 aromatic rings. The van der Waals surface area contributed by atoms with Crippen LogP contribution < -0.4 is 5.32 Å². The summed E-state index contributed by atoms with van der Waals surface area (Å²) in [5, 5.41) is 3.40. The third-order valence-electron chi connectivity index (χ3n) is 4.87. The number of aliphatic imine (C=N–C) groups is 1. The third-order valence-corrected chi connectivity index (χ3v) is 4.87. The molecule has 0 radical (unpaired) electrons. The van der Waals surface area contributed by atoms with Crippen molar-refractivity contribution < 1.29 is 9.53 Å². The summed E-state index contributed by atoms with van der Waals surface area (Å²) >= 11 is 0. The highest BCUT2D eigenvalue weighted by atomic mass is 127. The number of ether oxygens (including phenoxy) is 1. The Labute approximate surface area is 174 Å². The second-order valence-electron chi connectivity index (χ2n) is 6.76. The molecule has 1 unspecified atom stereocenters. The van der Waals surface area contributed by atoms with Gasteiger partial charge in [0, 0.05) is 58.4 Å². The largest absolute Gasteiger partial charge is 0.450 e. The summed E-state index contributed by atoms with van der Waals surface area (Å²) in [7, 11) is 4.35. The van der Waals surface area contributed by atoms with Crippen LogP contribution in [0.15, 0.2) is 4.99 Å². The van der Waals surface area contributed by atoms with Gasteiger partial charge >= 0.3 is 6.09 Å². The maximum absolute atomic E-state index is 11.8. The van der Waals surface area contributed by atoms with E-state index in [1.165, 1.54) is 0 Å². The van der Waals surface area contributed by atoms with E-state index in [2.05, 4.69) is 41.0 Å². The Kier molecular flexibility index (Phi) is 10.6. The standard InChI is InChI=1S/C17H34N6O2.HI/c1-5-18-16(19-13-15-14-20(3)7-8-21(15)4)22-9-11-23(12-10-22)17(24)25-6-2;/h15H,5-14H2,1-4H3,(H,18,19);1H. The Bertz CT molecular complexity index is 457. The number of nitrogens with zero attached hydrogens (tertiary/aromatic N) is 5. The van der Waals surface area contributed by atoms with Crippen LogP contribution in [-0.2, 0) is 4.74 Å². The molecule has 0 spiro atoms. The van der Waals surface area contributed by atoms with Gasteiger partial charge in [0.2, 0.25) is 0 Å². The van der Waals surface area contributed by atoms with Crippen LogP contribution >= 0.6 is 24.0 Å². The number of nitrogens with one attached hydrogen (secondary N) is 1. The number of halogens is 1. The van der Waals surface area contributed by atoms with Gasteiger partial charge in [-0.25, -0.2) is 4.79 Å². The predicted molar refractivity (Wildman–Crippen MR) is 115 cm³/mol. The van der Waals surface area contributed by atoms with Crippen LogP contribution in [-0.4, -0.2) is 117 Å². The lowest BCUT2D eigenvalue weighted by molar-refractivity contribution is 0.0912. The fourth-order valence-electron chi connectivity index (χ4n) is 3.23. The molecule has 2 fully saturated rings. The molecule has 152 valence electrons. The molecule has 2 aliphatic rings. The molecule has 0 aliphatic carbocycles. The zero-order valence-electron chi connectivity index (χ0n) is 16.6. The van der Waals surface area contributed by atoms with E-state index in [0.29, 0.717) is 25.7 Å². The zero-order valence-corrected chi connectivity index (χ0v) is 18.9. The van der Waals surface area contributed by atoms with Gasteiger partial charge in [-0.05, 0) is 27.9 Å². The number of hydrogen-bond acceptors (Lipinski definition) is 5. The SMILES string of the molecule is CCNC(=NCC1CN(C)CCN1C)N1CCN(C(=O)OCC)CC1.I. The van der Waals surface area contributed by atoms with Gasteiger partial charge in [0.1, 0.15) is 0 Å². The molecule has 2 saturated heterocycles. The number of hydrogen-bond donors (Lipinski definition) is 1. The Morgan fingerprint density at radius 2 is 1.73 bits per heavy atom. The van der Waals surface area contributed by atoms with Crippen LogP contribution in [0.25, 0.3) is 0 Å². The van der Waals surface area contributed by atoms with Crippen molar-refractivity contribution in [3.05, 3.63) is 0 Å². The van der Waals surface area contributed by atoms with E-state index in [4.69, 9.17) is 9.73 Å². The average Bonchev–Trinajstić information content (AvgIpc) is 2.61. The minimum absolute atomic E-state index is 0. The van der Waals surface area contributed by atoms with Crippen molar-refractivity contribution in [2.45, 2.75) is 19.9 Å². The second-order valence-corrected chi connectivity index (χ2v) is 6.76. The maximum Gasteiger partial charge on any atom is 0.409 e. The first-order chi connectivity index (χ1) is 12.0. The summed E-state index contributed by atoms with van der Waals surface area (Å²) in [5.74, 6) is 0.952. The molecule has 2 aliphatic heterocycles. The zero-order chi connectivity index (χ0) is 18.2. The summed E-state index contributed by atoms with van der Waals surface area (Å²) in [6, 6.07) is 0.452. The molecule has 8 nitrogen and oxygen atoms in total. The van der Waals surface area contributed by atoms with Crippen molar-refractivity contribution >= 4 is 36.0 Å². The molecule has 9 heteroatoms. The first-order valence-corrected chi connectivity index (χ1v) is 9.38. The number of carbonyl (C=O) groups excluding carboxylic acids is 1. The van der Waals surface area contributed by atoms with Gasteiger partial charge < -0.3 is 24.8 Å². The molecule has 0 saturated carbocycles. The highest BCUT2D eigenvalue weighted by Crippen LogP contribution is 2.08. The van der Waals surface area contributed by atoms with Crippen molar-refractivity contribution in [2.75, 3.05) is 79.6 Å². The van der Waals surface area contributed by atoms with Crippen LogP contribution in [0.3, 0.4) is 0 Å². The Morgan fingerprint density at radius 3 is 2.35 bits per heavy atom. The van der Waals surface area contributed by atoms with Crippen LogP contribution in [0.5, 0.6) is 0 Å². The number of rotatable bonds is 4. The molecule has 1 N–H and O–H groups in total. The molecule has 0 aromatic carbocycles. The number of carbonyl (C=O) groups is 1. The lowest BCUT2D eigenvalue weighted by Gasteiger charge is -2.38. The molecule has 1 atom stereocenters. The van der Waals surface area contributed by atoms with Crippen molar-refractivity contribution in [3.8, 4) is 0 Å². The maximum atomic E-state index is 11.8. The highest BCUT2D eigenvalue weighted by molar-refractivity contribution is 14.0. The lowest BCUT2D eigenvalue weighted by atomic mass is 10.2. The van der Waals surface area contributed by atoms with Crippen LogP contribution in [0.2, 0.25) is 0 Å². The van der Waals surface area contributed by atoms with E-state index in [9.17, 15) is 4.79 Å². The molecular formula is C17H35IN6O2. The van der Waals surface area contributed by atoms with Gasteiger partial charge in [-0.2, -0.15) is 0 Å². The first kappa shape index (κ1) is 23.2.